The summed E-state index contributed by atoms with van der Waals surface area (Å²) in [5.41, 5.74) is 1.25. The molecule has 0 radical (unpaired) electrons. The number of rotatable bonds is 6. The van der Waals surface area contributed by atoms with Gasteiger partial charge in [-0.3, -0.25) is 0 Å². The third kappa shape index (κ3) is 3.21. The standard InChI is InChI=1S/C12H20N4O/c1-5-16(6-2)7-8-17-12-11(9-13)10(3)14-15(12)4/h5-8H2,1-4H3. The summed E-state index contributed by atoms with van der Waals surface area (Å²) in [5.74, 6) is 0.567. The average Bonchev–Trinajstić information content (AvgIpc) is 2.59. The Kier molecular flexibility index (Phi) is 4.98. The zero-order chi connectivity index (χ0) is 12.8. The predicted molar refractivity (Wildman–Crippen MR) is 65.9 cm³/mol. The van der Waals surface area contributed by atoms with E-state index in [1.807, 2.05) is 6.92 Å². The van der Waals surface area contributed by atoms with Crippen LogP contribution in [-0.2, 0) is 7.05 Å². The highest BCUT2D eigenvalue weighted by Gasteiger charge is 2.14. The largest absolute Gasteiger partial charge is 0.476 e. The summed E-state index contributed by atoms with van der Waals surface area (Å²) in [6.45, 7) is 9.52. The van der Waals surface area contributed by atoms with Gasteiger partial charge in [0.2, 0.25) is 5.88 Å². The fraction of sp³-hybridized carbons (Fsp3) is 0.667. The van der Waals surface area contributed by atoms with Gasteiger partial charge in [-0.2, -0.15) is 10.4 Å². The number of aryl methyl sites for hydroxylation is 2. The van der Waals surface area contributed by atoms with E-state index in [1.165, 1.54) is 0 Å². The van der Waals surface area contributed by atoms with Crippen LogP contribution in [0, 0.1) is 18.3 Å². The first kappa shape index (κ1) is 13.5. The molecule has 17 heavy (non-hydrogen) atoms. The van der Waals surface area contributed by atoms with Gasteiger partial charge in [0.1, 0.15) is 18.2 Å². The van der Waals surface area contributed by atoms with E-state index in [0.717, 1.165) is 19.6 Å². The molecule has 0 aliphatic rings. The van der Waals surface area contributed by atoms with Crippen LogP contribution >= 0.6 is 0 Å². The number of likely N-dealkylation sites (N-methyl/N-ethyl adjacent to an activating group) is 1. The van der Waals surface area contributed by atoms with Gasteiger partial charge in [0.25, 0.3) is 0 Å². The van der Waals surface area contributed by atoms with Crippen LogP contribution in [0.5, 0.6) is 5.88 Å². The van der Waals surface area contributed by atoms with Crippen molar-refractivity contribution in [1.82, 2.24) is 14.7 Å². The lowest BCUT2D eigenvalue weighted by Gasteiger charge is -2.17. The maximum atomic E-state index is 9.02. The van der Waals surface area contributed by atoms with Crippen molar-refractivity contribution in [2.45, 2.75) is 20.8 Å². The van der Waals surface area contributed by atoms with Gasteiger partial charge in [-0.15, -0.1) is 0 Å². The lowest BCUT2D eigenvalue weighted by atomic mass is 10.3. The number of hydrogen-bond donors (Lipinski definition) is 0. The van der Waals surface area contributed by atoms with E-state index >= 15 is 0 Å². The van der Waals surface area contributed by atoms with Gasteiger partial charge in [-0.1, -0.05) is 13.8 Å². The second-order valence-electron chi connectivity index (χ2n) is 3.88. The van der Waals surface area contributed by atoms with Crippen molar-refractivity contribution < 1.29 is 4.74 Å². The van der Waals surface area contributed by atoms with Crippen molar-refractivity contribution in [1.29, 1.82) is 5.26 Å². The molecule has 0 amide bonds. The van der Waals surface area contributed by atoms with Crippen LogP contribution in [0.4, 0.5) is 0 Å². The van der Waals surface area contributed by atoms with Crippen molar-refractivity contribution in [2.75, 3.05) is 26.2 Å². The van der Waals surface area contributed by atoms with Crippen LogP contribution in [0.15, 0.2) is 0 Å². The van der Waals surface area contributed by atoms with Gasteiger partial charge in [0.15, 0.2) is 0 Å². The fourth-order valence-electron chi connectivity index (χ4n) is 1.74. The lowest BCUT2D eigenvalue weighted by molar-refractivity contribution is 0.212. The van der Waals surface area contributed by atoms with Gasteiger partial charge in [0.05, 0.1) is 5.69 Å². The molecule has 0 aliphatic heterocycles. The Morgan fingerprint density at radius 2 is 2.06 bits per heavy atom. The van der Waals surface area contributed by atoms with E-state index in [-0.39, 0.29) is 0 Å². The summed E-state index contributed by atoms with van der Waals surface area (Å²) in [7, 11) is 1.79. The molecular weight excluding hydrogens is 216 g/mol. The second-order valence-corrected chi connectivity index (χ2v) is 3.88. The molecule has 1 heterocycles. The van der Waals surface area contributed by atoms with Crippen molar-refractivity contribution in [3.05, 3.63) is 11.3 Å². The van der Waals surface area contributed by atoms with E-state index in [2.05, 4.69) is 29.9 Å². The molecule has 1 aromatic rings. The zero-order valence-electron chi connectivity index (χ0n) is 11.0. The monoisotopic (exact) mass is 236 g/mol. The fourth-order valence-corrected chi connectivity index (χ4v) is 1.74. The maximum Gasteiger partial charge on any atom is 0.230 e. The van der Waals surface area contributed by atoms with Crippen molar-refractivity contribution in [3.63, 3.8) is 0 Å². The van der Waals surface area contributed by atoms with Crippen LogP contribution in [0.3, 0.4) is 0 Å². The number of nitrogens with zero attached hydrogens (tertiary/aromatic N) is 4. The van der Waals surface area contributed by atoms with Crippen LogP contribution in [0.25, 0.3) is 0 Å². The first-order chi connectivity index (χ1) is 8.13. The Morgan fingerprint density at radius 1 is 1.41 bits per heavy atom. The Labute approximate surface area is 103 Å². The molecule has 0 N–H and O–H groups in total. The lowest BCUT2D eigenvalue weighted by Crippen LogP contribution is -2.28. The molecule has 0 aliphatic carbocycles. The molecule has 0 aromatic carbocycles. The number of hydrogen-bond acceptors (Lipinski definition) is 4. The minimum absolute atomic E-state index is 0.534. The van der Waals surface area contributed by atoms with Crippen molar-refractivity contribution in [3.8, 4) is 11.9 Å². The highest BCUT2D eigenvalue weighted by atomic mass is 16.5. The van der Waals surface area contributed by atoms with E-state index in [1.54, 1.807) is 11.7 Å². The predicted octanol–water partition coefficient (Wildman–Crippen LogP) is 1.32. The zero-order valence-corrected chi connectivity index (χ0v) is 11.0. The summed E-state index contributed by atoms with van der Waals surface area (Å²) in [4.78, 5) is 2.27. The molecule has 0 bridgehead atoms. The van der Waals surface area contributed by atoms with Crippen LogP contribution in [0.2, 0.25) is 0 Å². The molecule has 0 atom stereocenters. The van der Waals surface area contributed by atoms with E-state index in [9.17, 15) is 0 Å². The molecular formula is C12H20N4O. The van der Waals surface area contributed by atoms with Crippen molar-refractivity contribution in [2.24, 2.45) is 7.05 Å². The maximum absolute atomic E-state index is 9.02. The van der Waals surface area contributed by atoms with Gasteiger partial charge < -0.3 is 9.64 Å². The van der Waals surface area contributed by atoms with Crippen LogP contribution in [0.1, 0.15) is 25.1 Å². The molecule has 5 heteroatoms. The smallest absolute Gasteiger partial charge is 0.230 e. The summed E-state index contributed by atoms with van der Waals surface area (Å²) >= 11 is 0. The Bertz CT molecular complexity index is 401. The normalized spacial score (nSPS) is 10.6. The molecule has 1 aromatic heterocycles. The quantitative estimate of drug-likeness (QED) is 0.747. The number of aromatic nitrogens is 2. The van der Waals surface area contributed by atoms with E-state index < -0.39 is 0 Å². The Morgan fingerprint density at radius 3 is 2.59 bits per heavy atom. The average molecular weight is 236 g/mol. The summed E-state index contributed by atoms with van der Waals surface area (Å²) < 4.78 is 7.27. The summed E-state index contributed by atoms with van der Waals surface area (Å²) in [5, 5.41) is 13.2. The Balaban J connectivity index is 2.61. The second kappa shape index (κ2) is 6.26. The minimum Gasteiger partial charge on any atom is -0.476 e. The van der Waals surface area contributed by atoms with E-state index in [4.69, 9.17) is 10.00 Å². The summed E-state index contributed by atoms with van der Waals surface area (Å²) in [6.07, 6.45) is 0. The molecule has 5 nitrogen and oxygen atoms in total. The molecule has 94 valence electrons. The van der Waals surface area contributed by atoms with Gasteiger partial charge in [-0.05, 0) is 20.0 Å². The Hall–Kier alpha value is -1.54. The molecule has 0 saturated carbocycles. The van der Waals surface area contributed by atoms with Crippen molar-refractivity contribution >= 4 is 0 Å². The van der Waals surface area contributed by atoms with Gasteiger partial charge in [-0.25, -0.2) is 4.68 Å². The molecule has 0 unspecified atom stereocenters. The third-order valence-corrected chi connectivity index (χ3v) is 2.82. The van der Waals surface area contributed by atoms with Crippen LogP contribution in [-0.4, -0.2) is 40.9 Å². The highest BCUT2D eigenvalue weighted by molar-refractivity contribution is 5.41. The number of ether oxygens (including phenoxy) is 1. The highest BCUT2D eigenvalue weighted by Crippen LogP contribution is 2.19. The molecule has 0 fully saturated rings. The first-order valence-corrected chi connectivity index (χ1v) is 5.92. The SMILES string of the molecule is CCN(CC)CCOc1c(C#N)c(C)nn1C. The number of nitriles is 1. The molecule has 0 saturated heterocycles. The third-order valence-electron chi connectivity index (χ3n) is 2.82. The summed E-state index contributed by atoms with van der Waals surface area (Å²) in [6, 6.07) is 2.13. The molecule has 0 spiro atoms. The molecule has 1 rings (SSSR count). The minimum atomic E-state index is 0.534. The topological polar surface area (TPSA) is 54.1 Å². The first-order valence-electron chi connectivity index (χ1n) is 5.92. The van der Waals surface area contributed by atoms with E-state index in [0.29, 0.717) is 23.7 Å². The van der Waals surface area contributed by atoms with Gasteiger partial charge >= 0.3 is 0 Å². The van der Waals surface area contributed by atoms with Gasteiger partial charge in [0, 0.05) is 13.6 Å². The van der Waals surface area contributed by atoms with Crippen LogP contribution < -0.4 is 4.74 Å².